The summed E-state index contributed by atoms with van der Waals surface area (Å²) in [4.78, 5) is 24.6. The smallest absolute Gasteiger partial charge is 0.252 e. The van der Waals surface area contributed by atoms with Gasteiger partial charge in [0.25, 0.3) is 5.91 Å². The maximum absolute atomic E-state index is 12.6. The molecule has 26 heavy (non-hydrogen) atoms. The molecule has 2 amide bonds. The Labute approximate surface area is 155 Å². The molecule has 4 nitrogen and oxygen atoms in total. The Morgan fingerprint density at radius 3 is 2.31 bits per heavy atom. The molecule has 0 unspecified atom stereocenters. The van der Waals surface area contributed by atoms with Crippen LogP contribution < -0.4 is 11.1 Å². The lowest BCUT2D eigenvalue weighted by atomic mass is 10.0. The van der Waals surface area contributed by atoms with E-state index in [4.69, 9.17) is 5.73 Å². The summed E-state index contributed by atoms with van der Waals surface area (Å²) in [5.41, 5.74) is 8.83. The molecule has 5 heteroatoms. The van der Waals surface area contributed by atoms with Crippen molar-refractivity contribution in [3.05, 3.63) is 77.2 Å². The molecule has 3 aromatic rings. The lowest BCUT2D eigenvalue weighted by molar-refractivity contribution is -0.117. The Balaban J connectivity index is 1.55. The van der Waals surface area contributed by atoms with E-state index in [0.717, 1.165) is 17.5 Å². The molecule has 0 bridgehead atoms. The molecular weight excluding hydrogens is 344 g/mol. The summed E-state index contributed by atoms with van der Waals surface area (Å²) in [6.45, 7) is 0. The van der Waals surface area contributed by atoms with Crippen LogP contribution in [0.3, 0.4) is 0 Å². The Morgan fingerprint density at radius 2 is 1.65 bits per heavy atom. The molecule has 2 atom stereocenters. The van der Waals surface area contributed by atoms with Gasteiger partial charge < -0.3 is 11.1 Å². The highest BCUT2D eigenvalue weighted by atomic mass is 32.1. The maximum Gasteiger partial charge on any atom is 0.252 e. The SMILES string of the molecule is NC(=O)c1c(-c2ccccc2)csc1NC(=O)[C@@H]1C[C@@H]1c1ccccc1. The molecular formula is C21H18N2O2S. The van der Waals surface area contributed by atoms with Crippen LogP contribution in [-0.2, 0) is 4.79 Å². The van der Waals surface area contributed by atoms with Crippen molar-refractivity contribution in [2.75, 3.05) is 5.32 Å². The van der Waals surface area contributed by atoms with Crippen molar-refractivity contribution in [3.63, 3.8) is 0 Å². The van der Waals surface area contributed by atoms with Crippen molar-refractivity contribution in [1.82, 2.24) is 0 Å². The van der Waals surface area contributed by atoms with E-state index in [9.17, 15) is 9.59 Å². The van der Waals surface area contributed by atoms with E-state index in [-0.39, 0.29) is 17.7 Å². The molecule has 4 rings (SSSR count). The van der Waals surface area contributed by atoms with Gasteiger partial charge in [-0.15, -0.1) is 11.3 Å². The number of carbonyl (C=O) groups excluding carboxylic acids is 2. The molecule has 1 aliphatic rings. The summed E-state index contributed by atoms with van der Waals surface area (Å²) >= 11 is 1.34. The lowest BCUT2D eigenvalue weighted by Gasteiger charge is -2.07. The van der Waals surface area contributed by atoms with Crippen LogP contribution in [0, 0.1) is 5.92 Å². The first-order valence-corrected chi connectivity index (χ1v) is 9.35. The van der Waals surface area contributed by atoms with E-state index >= 15 is 0 Å². The summed E-state index contributed by atoms with van der Waals surface area (Å²) in [7, 11) is 0. The number of hydrogen-bond acceptors (Lipinski definition) is 3. The molecule has 2 aromatic carbocycles. The van der Waals surface area contributed by atoms with E-state index in [1.807, 2.05) is 66.0 Å². The van der Waals surface area contributed by atoms with Gasteiger partial charge in [0.05, 0.1) is 5.56 Å². The molecule has 1 saturated carbocycles. The van der Waals surface area contributed by atoms with Crippen LogP contribution >= 0.6 is 11.3 Å². The van der Waals surface area contributed by atoms with Gasteiger partial charge >= 0.3 is 0 Å². The van der Waals surface area contributed by atoms with Gasteiger partial charge in [-0.2, -0.15) is 0 Å². The average Bonchev–Trinajstić information content (AvgIpc) is 3.37. The van der Waals surface area contributed by atoms with E-state index in [1.165, 1.54) is 16.9 Å². The van der Waals surface area contributed by atoms with Gasteiger partial charge in [0, 0.05) is 16.9 Å². The Hall–Kier alpha value is -2.92. The number of nitrogens with one attached hydrogen (secondary N) is 1. The third kappa shape index (κ3) is 3.13. The minimum absolute atomic E-state index is 0.0529. The third-order valence-corrected chi connectivity index (χ3v) is 5.61. The number of anilines is 1. The number of carbonyl (C=O) groups is 2. The van der Waals surface area contributed by atoms with Crippen molar-refractivity contribution >= 4 is 28.2 Å². The zero-order valence-corrected chi connectivity index (χ0v) is 14.8. The van der Waals surface area contributed by atoms with Gasteiger partial charge in [-0.25, -0.2) is 0 Å². The second-order valence-electron chi connectivity index (χ2n) is 6.43. The van der Waals surface area contributed by atoms with Gasteiger partial charge in [-0.1, -0.05) is 60.7 Å². The predicted octanol–water partition coefficient (Wildman–Crippen LogP) is 4.26. The van der Waals surface area contributed by atoms with Crippen LogP contribution in [0.15, 0.2) is 66.0 Å². The van der Waals surface area contributed by atoms with E-state index in [1.54, 1.807) is 0 Å². The summed E-state index contributed by atoms with van der Waals surface area (Å²) < 4.78 is 0. The van der Waals surface area contributed by atoms with Crippen molar-refractivity contribution < 1.29 is 9.59 Å². The van der Waals surface area contributed by atoms with Gasteiger partial charge in [0.15, 0.2) is 0 Å². The lowest BCUT2D eigenvalue weighted by Crippen LogP contribution is -2.18. The summed E-state index contributed by atoms with van der Waals surface area (Å²) in [6, 6.07) is 19.6. The zero-order chi connectivity index (χ0) is 18.1. The highest BCUT2D eigenvalue weighted by molar-refractivity contribution is 7.15. The van der Waals surface area contributed by atoms with Crippen LogP contribution in [0.5, 0.6) is 0 Å². The molecule has 0 saturated heterocycles. The number of rotatable bonds is 5. The fourth-order valence-electron chi connectivity index (χ4n) is 3.28. The second-order valence-corrected chi connectivity index (χ2v) is 7.31. The van der Waals surface area contributed by atoms with Gasteiger partial charge in [-0.05, 0) is 23.5 Å². The standard InChI is InChI=1S/C21H18N2O2S/c22-19(24)18-17(14-9-5-2-6-10-14)12-26-21(18)23-20(25)16-11-15(16)13-7-3-1-4-8-13/h1-10,12,15-16H,11H2,(H2,22,24)(H,23,25)/t15-,16-/m1/s1. The highest BCUT2D eigenvalue weighted by Gasteiger charge is 2.44. The number of hydrogen-bond donors (Lipinski definition) is 2. The number of nitrogens with two attached hydrogens (primary N) is 1. The van der Waals surface area contributed by atoms with Crippen LogP contribution in [-0.4, -0.2) is 11.8 Å². The minimum Gasteiger partial charge on any atom is -0.365 e. The number of thiophene rings is 1. The Morgan fingerprint density at radius 1 is 1.00 bits per heavy atom. The van der Waals surface area contributed by atoms with Crippen LogP contribution in [0.4, 0.5) is 5.00 Å². The van der Waals surface area contributed by atoms with E-state index in [2.05, 4.69) is 5.32 Å². The van der Waals surface area contributed by atoms with Gasteiger partial charge in [-0.3, -0.25) is 9.59 Å². The summed E-state index contributed by atoms with van der Waals surface area (Å²) in [6.07, 6.45) is 0.832. The van der Waals surface area contributed by atoms with Crippen molar-refractivity contribution in [2.45, 2.75) is 12.3 Å². The quantitative estimate of drug-likeness (QED) is 0.712. The molecule has 3 N–H and O–H groups in total. The van der Waals surface area contributed by atoms with Crippen molar-refractivity contribution in [1.29, 1.82) is 0 Å². The van der Waals surface area contributed by atoms with Crippen molar-refractivity contribution in [3.8, 4) is 11.1 Å². The van der Waals surface area contributed by atoms with Gasteiger partial charge in [0.2, 0.25) is 5.91 Å². The van der Waals surface area contributed by atoms with Crippen LogP contribution in [0.25, 0.3) is 11.1 Å². The normalized spacial score (nSPS) is 18.3. The first kappa shape index (κ1) is 16.5. The number of benzene rings is 2. The molecule has 1 aliphatic carbocycles. The Bertz CT molecular complexity index is 951. The highest BCUT2D eigenvalue weighted by Crippen LogP contribution is 2.48. The first-order chi connectivity index (χ1) is 12.6. The first-order valence-electron chi connectivity index (χ1n) is 8.47. The Kier molecular flexibility index (Phi) is 4.31. The number of amides is 2. The summed E-state index contributed by atoms with van der Waals surface area (Å²) in [5, 5.41) is 5.32. The topological polar surface area (TPSA) is 72.2 Å². The van der Waals surface area contributed by atoms with E-state index < -0.39 is 5.91 Å². The summed E-state index contributed by atoms with van der Waals surface area (Å²) in [5.74, 6) is -0.388. The number of primary amides is 1. The fourth-order valence-corrected chi connectivity index (χ4v) is 4.26. The van der Waals surface area contributed by atoms with Crippen LogP contribution in [0.1, 0.15) is 28.3 Å². The molecule has 1 heterocycles. The van der Waals surface area contributed by atoms with Crippen molar-refractivity contribution in [2.24, 2.45) is 11.7 Å². The monoisotopic (exact) mass is 362 g/mol. The molecule has 0 radical (unpaired) electrons. The fraction of sp³-hybridized carbons (Fsp3) is 0.143. The second kappa shape index (κ2) is 6.77. The molecule has 1 fully saturated rings. The third-order valence-electron chi connectivity index (χ3n) is 4.71. The average molecular weight is 362 g/mol. The molecule has 1 aromatic heterocycles. The molecule has 0 spiro atoms. The minimum atomic E-state index is -0.532. The maximum atomic E-state index is 12.6. The molecule has 130 valence electrons. The predicted molar refractivity (Wildman–Crippen MR) is 104 cm³/mol. The van der Waals surface area contributed by atoms with Crippen LogP contribution in [0.2, 0.25) is 0 Å². The largest absolute Gasteiger partial charge is 0.365 e. The van der Waals surface area contributed by atoms with Gasteiger partial charge in [0.1, 0.15) is 5.00 Å². The molecule has 0 aliphatic heterocycles. The zero-order valence-electron chi connectivity index (χ0n) is 14.0. The van der Waals surface area contributed by atoms with E-state index in [0.29, 0.717) is 10.6 Å².